The molecular formula is C11H20N2O5S. The summed E-state index contributed by atoms with van der Waals surface area (Å²) in [5.74, 6) is -1.29. The molecule has 19 heavy (non-hydrogen) atoms. The molecule has 1 fully saturated rings. The minimum Gasteiger partial charge on any atom is -0.469 e. The van der Waals surface area contributed by atoms with Gasteiger partial charge in [0.2, 0.25) is 15.9 Å². The number of amides is 1. The molecule has 2 unspecified atom stereocenters. The molecule has 1 aliphatic carbocycles. The second-order valence-electron chi connectivity index (χ2n) is 4.52. The van der Waals surface area contributed by atoms with Gasteiger partial charge in [-0.2, -0.15) is 0 Å². The van der Waals surface area contributed by atoms with Crippen molar-refractivity contribution in [3.8, 4) is 0 Å². The molecule has 7 nitrogen and oxygen atoms in total. The quantitative estimate of drug-likeness (QED) is 0.502. The predicted molar refractivity (Wildman–Crippen MR) is 68.8 cm³/mol. The minimum absolute atomic E-state index is 0.117. The average molecular weight is 292 g/mol. The number of esters is 1. The van der Waals surface area contributed by atoms with Crippen molar-refractivity contribution >= 4 is 21.9 Å². The van der Waals surface area contributed by atoms with Gasteiger partial charge in [-0.05, 0) is 12.8 Å². The van der Waals surface area contributed by atoms with E-state index in [2.05, 4.69) is 14.8 Å². The number of carbonyl (C=O) groups is 2. The molecule has 0 spiro atoms. The Bertz CT molecular complexity index is 434. The first kappa shape index (κ1) is 15.9. The molecule has 1 saturated carbocycles. The van der Waals surface area contributed by atoms with Crippen LogP contribution in [0.1, 0.15) is 26.2 Å². The monoisotopic (exact) mass is 292 g/mol. The highest BCUT2D eigenvalue weighted by atomic mass is 32.2. The molecule has 1 rings (SSSR count). The fourth-order valence-corrected chi connectivity index (χ4v) is 4.01. The number of nitrogens with one attached hydrogen (secondary N) is 2. The maximum atomic E-state index is 12.1. The highest BCUT2D eigenvalue weighted by molar-refractivity contribution is 7.90. The van der Waals surface area contributed by atoms with Crippen LogP contribution >= 0.6 is 0 Å². The van der Waals surface area contributed by atoms with Gasteiger partial charge >= 0.3 is 5.97 Å². The van der Waals surface area contributed by atoms with Crippen LogP contribution in [0.5, 0.6) is 0 Å². The zero-order chi connectivity index (χ0) is 14.5. The maximum Gasteiger partial charge on any atom is 0.310 e. The lowest BCUT2D eigenvalue weighted by atomic mass is 10.1. The molecule has 2 atom stereocenters. The van der Waals surface area contributed by atoms with Crippen molar-refractivity contribution in [2.24, 2.45) is 5.92 Å². The molecule has 0 bridgehead atoms. The molecular weight excluding hydrogens is 272 g/mol. The molecule has 0 aromatic carbocycles. The van der Waals surface area contributed by atoms with E-state index in [1.165, 1.54) is 14.0 Å². The van der Waals surface area contributed by atoms with Crippen LogP contribution in [0, 0.1) is 5.92 Å². The average Bonchev–Trinajstić information content (AvgIpc) is 2.83. The molecule has 1 amide bonds. The SMILES string of the molecule is COC(=O)C1CCCC1S(=O)(=O)NCCNC(C)=O. The third kappa shape index (κ3) is 4.46. The molecule has 0 saturated heterocycles. The number of methoxy groups -OCH3 is 1. The Morgan fingerprint density at radius 2 is 1.95 bits per heavy atom. The van der Waals surface area contributed by atoms with Gasteiger partial charge in [0.05, 0.1) is 18.3 Å². The largest absolute Gasteiger partial charge is 0.469 e. The second-order valence-corrected chi connectivity index (χ2v) is 6.51. The third-order valence-corrected chi connectivity index (χ3v) is 5.13. The minimum atomic E-state index is -3.56. The van der Waals surface area contributed by atoms with Crippen molar-refractivity contribution in [2.75, 3.05) is 20.2 Å². The Labute approximate surface area is 113 Å². The van der Waals surface area contributed by atoms with Crippen molar-refractivity contribution in [3.63, 3.8) is 0 Å². The molecule has 0 aromatic heterocycles. The summed E-state index contributed by atoms with van der Waals surface area (Å²) < 4.78 is 31.2. The van der Waals surface area contributed by atoms with Crippen LogP contribution in [-0.2, 0) is 24.3 Å². The fraction of sp³-hybridized carbons (Fsp3) is 0.818. The van der Waals surface area contributed by atoms with Crippen LogP contribution < -0.4 is 10.0 Å². The Kier molecular flexibility index (Phi) is 5.74. The first-order chi connectivity index (χ1) is 8.88. The Morgan fingerprint density at radius 3 is 2.53 bits per heavy atom. The molecule has 8 heteroatoms. The van der Waals surface area contributed by atoms with Gasteiger partial charge in [0, 0.05) is 20.0 Å². The van der Waals surface area contributed by atoms with E-state index in [9.17, 15) is 18.0 Å². The molecule has 0 aliphatic heterocycles. The van der Waals surface area contributed by atoms with E-state index in [0.29, 0.717) is 19.3 Å². The zero-order valence-electron chi connectivity index (χ0n) is 11.1. The van der Waals surface area contributed by atoms with E-state index >= 15 is 0 Å². The first-order valence-corrected chi connectivity index (χ1v) is 7.74. The van der Waals surface area contributed by atoms with E-state index in [-0.39, 0.29) is 19.0 Å². The number of sulfonamides is 1. The first-order valence-electron chi connectivity index (χ1n) is 6.19. The number of hydrogen-bond donors (Lipinski definition) is 2. The van der Waals surface area contributed by atoms with Gasteiger partial charge in [0.25, 0.3) is 0 Å². The summed E-state index contributed by atoms with van der Waals surface area (Å²) in [5.41, 5.74) is 0. The summed E-state index contributed by atoms with van der Waals surface area (Å²) in [4.78, 5) is 22.2. The number of carbonyl (C=O) groups excluding carboxylic acids is 2. The smallest absolute Gasteiger partial charge is 0.310 e. The summed E-state index contributed by atoms with van der Waals surface area (Å²) in [5, 5.41) is 1.76. The maximum absolute atomic E-state index is 12.1. The molecule has 0 aromatic rings. The van der Waals surface area contributed by atoms with Crippen molar-refractivity contribution in [2.45, 2.75) is 31.4 Å². The van der Waals surface area contributed by atoms with E-state index in [0.717, 1.165) is 0 Å². The number of hydrogen-bond acceptors (Lipinski definition) is 5. The summed E-state index contributed by atoms with van der Waals surface area (Å²) in [7, 11) is -2.31. The highest BCUT2D eigenvalue weighted by Gasteiger charge is 2.41. The molecule has 1 aliphatic rings. The topological polar surface area (TPSA) is 102 Å². The second kappa shape index (κ2) is 6.85. The van der Waals surface area contributed by atoms with E-state index in [1.54, 1.807) is 0 Å². The molecule has 0 radical (unpaired) electrons. The van der Waals surface area contributed by atoms with Crippen LogP contribution in [0.2, 0.25) is 0 Å². The Hall–Kier alpha value is -1.15. The van der Waals surface area contributed by atoms with Gasteiger partial charge in [0.15, 0.2) is 0 Å². The van der Waals surface area contributed by atoms with E-state index in [4.69, 9.17) is 0 Å². The van der Waals surface area contributed by atoms with Crippen LogP contribution in [-0.4, -0.2) is 45.7 Å². The number of ether oxygens (including phenoxy) is 1. The van der Waals surface area contributed by atoms with Gasteiger partial charge < -0.3 is 10.1 Å². The number of rotatable bonds is 6. The summed E-state index contributed by atoms with van der Waals surface area (Å²) in [6, 6.07) is 0. The van der Waals surface area contributed by atoms with Gasteiger partial charge in [-0.1, -0.05) is 6.42 Å². The lowest BCUT2D eigenvalue weighted by Crippen LogP contribution is -2.42. The van der Waals surface area contributed by atoms with Crippen molar-refractivity contribution in [3.05, 3.63) is 0 Å². The Balaban J connectivity index is 2.56. The lowest BCUT2D eigenvalue weighted by Gasteiger charge is -2.18. The molecule has 0 heterocycles. The van der Waals surface area contributed by atoms with Crippen LogP contribution in [0.15, 0.2) is 0 Å². The van der Waals surface area contributed by atoms with Crippen LogP contribution in [0.25, 0.3) is 0 Å². The summed E-state index contributed by atoms with van der Waals surface area (Å²) in [6.45, 7) is 1.70. The molecule has 110 valence electrons. The summed E-state index contributed by atoms with van der Waals surface area (Å²) in [6.07, 6.45) is 1.68. The van der Waals surface area contributed by atoms with E-state index < -0.39 is 27.2 Å². The standard InChI is InChI=1S/C11H20N2O5S/c1-8(14)12-6-7-13-19(16,17)10-5-3-4-9(10)11(15)18-2/h9-10,13H,3-7H2,1-2H3,(H,12,14). The van der Waals surface area contributed by atoms with Gasteiger partial charge in [0.1, 0.15) is 0 Å². The third-order valence-electron chi connectivity index (χ3n) is 3.16. The predicted octanol–water partition coefficient (Wildman–Crippen LogP) is -0.616. The van der Waals surface area contributed by atoms with Gasteiger partial charge in [-0.25, -0.2) is 13.1 Å². The lowest BCUT2D eigenvalue weighted by molar-refractivity contribution is -0.145. The molecule has 2 N–H and O–H groups in total. The van der Waals surface area contributed by atoms with Crippen LogP contribution in [0.3, 0.4) is 0 Å². The van der Waals surface area contributed by atoms with Crippen molar-refractivity contribution in [1.29, 1.82) is 0 Å². The van der Waals surface area contributed by atoms with E-state index in [1.807, 2.05) is 0 Å². The normalized spacial score (nSPS) is 23.1. The Morgan fingerprint density at radius 1 is 1.26 bits per heavy atom. The van der Waals surface area contributed by atoms with Gasteiger partial charge in [-0.3, -0.25) is 9.59 Å². The highest BCUT2D eigenvalue weighted by Crippen LogP contribution is 2.31. The van der Waals surface area contributed by atoms with Crippen molar-refractivity contribution < 1.29 is 22.7 Å². The van der Waals surface area contributed by atoms with Crippen molar-refractivity contribution in [1.82, 2.24) is 10.0 Å². The van der Waals surface area contributed by atoms with Crippen LogP contribution in [0.4, 0.5) is 0 Å². The van der Waals surface area contributed by atoms with Gasteiger partial charge in [-0.15, -0.1) is 0 Å². The fourth-order valence-electron chi connectivity index (χ4n) is 2.26. The zero-order valence-corrected chi connectivity index (χ0v) is 12.0. The summed E-state index contributed by atoms with van der Waals surface area (Å²) >= 11 is 0.